The number of aliphatic carboxylic acids is 1. The van der Waals surface area contributed by atoms with Crippen molar-refractivity contribution < 1.29 is 14.8 Å². The first-order valence-electron chi connectivity index (χ1n) is 5.40. The number of rotatable bonds is 5. The van der Waals surface area contributed by atoms with Crippen molar-refractivity contribution in [1.29, 1.82) is 0 Å². The van der Waals surface area contributed by atoms with Crippen LogP contribution in [-0.4, -0.2) is 30.5 Å². The molecule has 2 aromatic heterocycles. The number of carboxylic acids is 1. The monoisotopic (exact) mass is 314 g/mol. The molecule has 0 radical (unpaired) electrons. The summed E-state index contributed by atoms with van der Waals surface area (Å²) in [5, 5.41) is 21.6. The number of thiazole rings is 1. The lowest BCUT2D eigenvalue weighted by Gasteiger charge is -1.99. The number of imidazole rings is 1. The molecule has 0 aromatic carbocycles. The molecule has 2 rings (SSSR count). The van der Waals surface area contributed by atoms with E-state index in [1.807, 2.05) is 0 Å². The van der Waals surface area contributed by atoms with Crippen molar-refractivity contribution >= 4 is 34.9 Å². The van der Waals surface area contributed by atoms with Crippen LogP contribution < -0.4 is 0 Å². The van der Waals surface area contributed by atoms with Crippen LogP contribution in [0, 0.1) is 17.0 Å². The molecular formula is C10H10N4O4S2. The Labute approximate surface area is 121 Å². The molecule has 0 spiro atoms. The van der Waals surface area contributed by atoms with Crippen molar-refractivity contribution in [2.24, 2.45) is 7.05 Å². The van der Waals surface area contributed by atoms with Crippen molar-refractivity contribution in [2.75, 3.05) is 0 Å². The highest BCUT2D eigenvalue weighted by Gasteiger charge is 2.25. The Morgan fingerprint density at radius 2 is 2.30 bits per heavy atom. The minimum atomic E-state index is -0.964. The number of carbonyl (C=O) groups is 1. The van der Waals surface area contributed by atoms with E-state index in [2.05, 4.69) is 9.97 Å². The van der Waals surface area contributed by atoms with E-state index >= 15 is 0 Å². The summed E-state index contributed by atoms with van der Waals surface area (Å²) in [5.41, 5.74) is 0.437. The number of aryl methyl sites for hydroxylation is 1. The van der Waals surface area contributed by atoms with Crippen molar-refractivity contribution in [3.63, 3.8) is 0 Å². The summed E-state index contributed by atoms with van der Waals surface area (Å²) >= 11 is 2.36. The lowest BCUT2D eigenvalue weighted by molar-refractivity contribution is -0.392. The van der Waals surface area contributed by atoms with Gasteiger partial charge in [0.05, 0.1) is 12.1 Å². The summed E-state index contributed by atoms with van der Waals surface area (Å²) in [4.78, 5) is 29.0. The third-order valence-electron chi connectivity index (χ3n) is 2.47. The molecule has 2 heterocycles. The van der Waals surface area contributed by atoms with Crippen LogP contribution in [0.1, 0.15) is 11.5 Å². The van der Waals surface area contributed by atoms with E-state index in [9.17, 15) is 14.9 Å². The Morgan fingerprint density at radius 3 is 2.90 bits per heavy atom. The highest BCUT2D eigenvalue weighted by Crippen LogP contribution is 2.36. The third kappa shape index (κ3) is 2.96. The van der Waals surface area contributed by atoms with Gasteiger partial charge in [-0.3, -0.25) is 9.36 Å². The maximum Gasteiger partial charge on any atom is 0.396 e. The maximum absolute atomic E-state index is 10.9. The molecule has 8 nitrogen and oxygen atoms in total. The molecule has 0 saturated heterocycles. The van der Waals surface area contributed by atoms with Crippen molar-refractivity contribution in [1.82, 2.24) is 14.5 Å². The van der Waals surface area contributed by atoms with Gasteiger partial charge in [-0.25, -0.2) is 4.98 Å². The summed E-state index contributed by atoms with van der Waals surface area (Å²) in [6.45, 7) is 1.68. The van der Waals surface area contributed by atoms with Crippen LogP contribution in [0.25, 0.3) is 0 Å². The smallest absolute Gasteiger partial charge is 0.396 e. The van der Waals surface area contributed by atoms with Crippen LogP contribution in [0.5, 0.6) is 0 Å². The predicted octanol–water partition coefficient (Wildman–Crippen LogP) is 1.87. The molecule has 0 aliphatic carbocycles. The minimum absolute atomic E-state index is 0.163. The number of hydrogen-bond acceptors (Lipinski definition) is 7. The first-order valence-corrected chi connectivity index (χ1v) is 7.10. The lowest BCUT2D eigenvalue weighted by atomic mass is 10.3. The predicted molar refractivity (Wildman–Crippen MR) is 72.2 cm³/mol. The molecule has 0 saturated carbocycles. The van der Waals surface area contributed by atoms with Gasteiger partial charge in [-0.1, -0.05) is 0 Å². The Bertz CT molecular complexity index is 679. The Hall–Kier alpha value is -1.94. The molecule has 0 bridgehead atoms. The van der Waals surface area contributed by atoms with Gasteiger partial charge in [-0.15, -0.1) is 11.3 Å². The maximum atomic E-state index is 10.9. The Morgan fingerprint density at radius 1 is 1.60 bits per heavy atom. The molecule has 0 fully saturated rings. The van der Waals surface area contributed by atoms with Crippen LogP contribution in [0.4, 0.5) is 5.82 Å². The van der Waals surface area contributed by atoms with Crippen LogP contribution in [-0.2, 0) is 18.3 Å². The van der Waals surface area contributed by atoms with E-state index in [1.54, 1.807) is 23.9 Å². The van der Waals surface area contributed by atoms with Crippen LogP contribution in [0.15, 0.2) is 14.7 Å². The molecule has 20 heavy (non-hydrogen) atoms. The van der Waals surface area contributed by atoms with Gasteiger partial charge >= 0.3 is 11.8 Å². The summed E-state index contributed by atoms with van der Waals surface area (Å²) in [6, 6.07) is 0. The Balaban J connectivity index is 2.28. The molecular weight excluding hydrogens is 304 g/mol. The van der Waals surface area contributed by atoms with E-state index in [0.29, 0.717) is 20.9 Å². The van der Waals surface area contributed by atoms with Crippen molar-refractivity contribution in [3.8, 4) is 0 Å². The molecule has 0 aliphatic heterocycles. The molecule has 2 aromatic rings. The van der Waals surface area contributed by atoms with Crippen LogP contribution in [0.3, 0.4) is 0 Å². The number of nitro groups is 1. The van der Waals surface area contributed by atoms with Crippen LogP contribution >= 0.6 is 23.1 Å². The van der Waals surface area contributed by atoms with Crippen molar-refractivity contribution in [3.05, 3.63) is 27.0 Å². The Kier molecular flexibility index (Phi) is 4.04. The summed E-state index contributed by atoms with van der Waals surface area (Å²) in [5.74, 6) is -0.652. The molecule has 10 heteroatoms. The molecule has 0 aliphatic rings. The summed E-state index contributed by atoms with van der Waals surface area (Å²) in [7, 11) is 1.68. The van der Waals surface area contributed by atoms with Crippen molar-refractivity contribution in [2.45, 2.75) is 22.7 Å². The number of hydrogen-bond donors (Lipinski definition) is 1. The molecule has 106 valence electrons. The van der Waals surface area contributed by atoms with E-state index < -0.39 is 10.9 Å². The van der Waals surface area contributed by atoms with Gasteiger partial charge in [-0.05, 0) is 21.7 Å². The van der Waals surface area contributed by atoms with E-state index in [4.69, 9.17) is 5.11 Å². The number of aromatic nitrogens is 3. The topological polar surface area (TPSA) is 111 Å². The van der Waals surface area contributed by atoms with Gasteiger partial charge in [0.1, 0.15) is 0 Å². The molecule has 1 N–H and O–H groups in total. The fourth-order valence-corrected chi connectivity index (χ4v) is 3.39. The van der Waals surface area contributed by atoms with Gasteiger partial charge < -0.3 is 15.2 Å². The molecule has 0 amide bonds. The zero-order valence-electron chi connectivity index (χ0n) is 10.6. The highest BCUT2D eigenvalue weighted by molar-refractivity contribution is 8.01. The fourth-order valence-electron chi connectivity index (χ4n) is 1.46. The minimum Gasteiger partial charge on any atom is -0.481 e. The second-order valence-corrected chi connectivity index (χ2v) is 5.98. The molecule has 0 atom stereocenters. The fraction of sp³-hybridized carbons (Fsp3) is 0.300. The van der Waals surface area contributed by atoms with Gasteiger partial charge in [0.15, 0.2) is 9.37 Å². The normalized spacial score (nSPS) is 10.7. The van der Waals surface area contributed by atoms with Gasteiger partial charge in [0.2, 0.25) is 5.82 Å². The zero-order chi connectivity index (χ0) is 14.9. The standard InChI is InChI=1S/C10H10N4O4S2/c1-5-11-8(14(17)18)9(13(5)2)20-10-12-6(4-19-10)3-7(15)16/h4H,3H2,1-2H3,(H,15,16). The first-order chi connectivity index (χ1) is 9.38. The van der Waals surface area contributed by atoms with Crippen LogP contribution in [0.2, 0.25) is 0 Å². The number of nitrogens with zero attached hydrogens (tertiary/aromatic N) is 4. The van der Waals surface area contributed by atoms with E-state index in [-0.39, 0.29) is 12.2 Å². The summed E-state index contributed by atoms with van der Waals surface area (Å²) in [6.07, 6.45) is -0.163. The second kappa shape index (κ2) is 5.59. The largest absolute Gasteiger partial charge is 0.481 e. The first kappa shape index (κ1) is 14.5. The van der Waals surface area contributed by atoms with Gasteiger partial charge in [0.25, 0.3) is 0 Å². The number of carboxylic acid groups (broad SMARTS) is 1. The third-order valence-corrected chi connectivity index (χ3v) is 4.61. The van der Waals surface area contributed by atoms with E-state index in [1.165, 1.54) is 11.3 Å². The quantitative estimate of drug-likeness (QED) is 0.662. The zero-order valence-corrected chi connectivity index (χ0v) is 12.2. The van der Waals surface area contributed by atoms with Gasteiger partial charge in [0, 0.05) is 19.4 Å². The SMILES string of the molecule is Cc1nc([N+](=O)[O-])c(Sc2nc(CC(=O)O)cs2)n1C. The average Bonchev–Trinajstić information content (AvgIpc) is 2.88. The van der Waals surface area contributed by atoms with Gasteiger partial charge in [-0.2, -0.15) is 0 Å². The highest BCUT2D eigenvalue weighted by atomic mass is 32.2. The second-order valence-electron chi connectivity index (χ2n) is 3.88. The lowest BCUT2D eigenvalue weighted by Crippen LogP contribution is -2.00. The summed E-state index contributed by atoms with van der Waals surface area (Å²) < 4.78 is 2.16. The average molecular weight is 314 g/mol. The molecule has 0 unspecified atom stereocenters. The van der Waals surface area contributed by atoms with E-state index in [0.717, 1.165) is 11.8 Å².